The minimum absolute atomic E-state index is 0.0863. The molecule has 1 rings (SSSR count). The number of amides is 2. The third-order valence-electron chi connectivity index (χ3n) is 6.89. The van der Waals surface area contributed by atoms with Gasteiger partial charge < -0.3 is 44.5 Å². The lowest BCUT2D eigenvalue weighted by Gasteiger charge is -2.14. The summed E-state index contributed by atoms with van der Waals surface area (Å²) in [5.74, 6) is -4.54. The van der Waals surface area contributed by atoms with Crippen molar-refractivity contribution in [3.63, 3.8) is 0 Å². The van der Waals surface area contributed by atoms with Crippen LogP contribution in [0.2, 0.25) is 0 Å². The van der Waals surface area contributed by atoms with Crippen molar-refractivity contribution in [3.8, 4) is 5.75 Å². The van der Waals surface area contributed by atoms with Crippen LogP contribution in [0.4, 0.5) is 17.6 Å². The summed E-state index contributed by atoms with van der Waals surface area (Å²) in [5.41, 5.74) is -0.347. The number of unbranched alkanes of at least 4 members (excludes halogenated alkanes) is 2. The molecular formula is C36H55F4N5O10. The Balaban J connectivity index is 0.0000143. The van der Waals surface area contributed by atoms with Gasteiger partial charge in [-0.25, -0.2) is 13.2 Å². The number of allylic oxidation sites excluding steroid dienone is 1. The maximum atomic E-state index is 14.0. The van der Waals surface area contributed by atoms with E-state index in [0.717, 1.165) is 31.9 Å². The van der Waals surface area contributed by atoms with Crippen LogP contribution in [0.25, 0.3) is 0 Å². The lowest BCUT2D eigenvalue weighted by atomic mass is 10.2. The van der Waals surface area contributed by atoms with Crippen molar-refractivity contribution in [3.05, 3.63) is 41.0 Å². The van der Waals surface area contributed by atoms with E-state index >= 15 is 0 Å². The smallest absolute Gasteiger partial charge is 0.313 e. The Morgan fingerprint density at radius 1 is 0.782 bits per heavy atom. The zero-order valence-electron chi connectivity index (χ0n) is 32.1. The summed E-state index contributed by atoms with van der Waals surface area (Å²) in [5, 5.41) is 6.33. The van der Waals surface area contributed by atoms with Crippen LogP contribution in [0.5, 0.6) is 5.75 Å². The highest BCUT2D eigenvalue weighted by molar-refractivity contribution is 6.31. The first-order valence-corrected chi connectivity index (χ1v) is 17.9. The molecule has 0 aliphatic carbocycles. The molecule has 1 aromatic rings. The fraction of sp³-hybridized carbons (Fsp3) is 0.611. The Hall–Kier alpha value is -4.30. The third-order valence-corrected chi connectivity index (χ3v) is 6.89. The Morgan fingerprint density at radius 2 is 1.40 bits per heavy atom. The summed E-state index contributed by atoms with van der Waals surface area (Å²) < 4.78 is 86.1. The zero-order chi connectivity index (χ0) is 41.3. The Labute approximate surface area is 319 Å². The normalized spacial score (nSPS) is 11.5. The topological polar surface area (TPSA) is 190 Å². The van der Waals surface area contributed by atoms with E-state index in [1.807, 2.05) is 13.8 Å². The molecule has 15 nitrogen and oxygen atoms in total. The Kier molecular flexibility index (Phi) is 30.5. The van der Waals surface area contributed by atoms with Gasteiger partial charge in [0.2, 0.25) is 23.4 Å². The molecule has 0 saturated heterocycles. The molecule has 0 spiro atoms. The van der Waals surface area contributed by atoms with E-state index in [4.69, 9.17) is 29.5 Å². The summed E-state index contributed by atoms with van der Waals surface area (Å²) in [7, 11) is 1.54. The van der Waals surface area contributed by atoms with Gasteiger partial charge in [-0.3, -0.25) is 24.2 Å². The van der Waals surface area contributed by atoms with Crippen LogP contribution in [0.1, 0.15) is 51.5 Å². The molecule has 2 amide bonds. The number of hydrogen-bond acceptors (Lipinski definition) is 13. The van der Waals surface area contributed by atoms with Crippen LogP contribution in [-0.2, 0) is 42.9 Å². The van der Waals surface area contributed by atoms with Gasteiger partial charge in [-0.2, -0.15) is 9.49 Å². The minimum Gasteiger partial charge on any atom is -0.420 e. The van der Waals surface area contributed by atoms with Gasteiger partial charge in [0.25, 0.3) is 0 Å². The molecule has 0 saturated carbocycles. The van der Waals surface area contributed by atoms with Gasteiger partial charge in [0.1, 0.15) is 12.0 Å². The predicted molar refractivity (Wildman–Crippen MR) is 196 cm³/mol. The van der Waals surface area contributed by atoms with Crippen molar-refractivity contribution in [2.24, 2.45) is 15.9 Å². The lowest BCUT2D eigenvalue weighted by Crippen LogP contribution is -2.33. The molecule has 0 radical (unpaired) electrons. The Morgan fingerprint density at radius 3 is 2.04 bits per heavy atom. The molecular weight excluding hydrogens is 738 g/mol. The predicted octanol–water partition coefficient (Wildman–Crippen LogP) is 3.23. The van der Waals surface area contributed by atoms with E-state index in [-0.39, 0.29) is 44.4 Å². The van der Waals surface area contributed by atoms with Gasteiger partial charge in [0, 0.05) is 57.6 Å². The number of hydrazone groups is 1. The first kappa shape index (κ1) is 50.7. The molecule has 0 heterocycles. The SMILES string of the molecule is CC.Cc1c(F)c(F)c(F)c(OC(=O)CCOCCCCCN=C/C(COCCOCCOCCOCCNC(=O)CCN(C)C(=O)/C=C\C=O)=N\N)c1F. The van der Waals surface area contributed by atoms with Crippen LogP contribution in [-0.4, -0.2) is 134 Å². The monoisotopic (exact) mass is 793 g/mol. The van der Waals surface area contributed by atoms with E-state index in [1.165, 1.54) is 18.2 Å². The van der Waals surface area contributed by atoms with Crippen LogP contribution < -0.4 is 15.9 Å². The van der Waals surface area contributed by atoms with Gasteiger partial charge in [-0.15, -0.1) is 0 Å². The van der Waals surface area contributed by atoms with Crippen LogP contribution in [0, 0.1) is 30.2 Å². The number of carbonyl (C=O) groups excluding carboxylic acids is 4. The lowest BCUT2D eigenvalue weighted by molar-refractivity contribution is -0.136. The van der Waals surface area contributed by atoms with Crippen molar-refractivity contribution >= 4 is 36.0 Å². The van der Waals surface area contributed by atoms with E-state index < -0.39 is 40.6 Å². The Bertz CT molecular complexity index is 1340. The first-order valence-electron chi connectivity index (χ1n) is 17.9. The number of aliphatic imine (C=N–C) groups is 1. The maximum Gasteiger partial charge on any atom is 0.313 e. The number of likely N-dealkylation sites (N-methyl/N-ethyl adjacent to an activating group) is 1. The summed E-state index contributed by atoms with van der Waals surface area (Å²) in [6, 6.07) is 0. The minimum atomic E-state index is -1.92. The molecule has 0 bridgehead atoms. The molecule has 0 aromatic heterocycles. The summed E-state index contributed by atoms with van der Waals surface area (Å²) in [6.45, 7) is 8.71. The highest BCUT2D eigenvalue weighted by Crippen LogP contribution is 2.29. The molecule has 0 unspecified atom stereocenters. The number of benzene rings is 1. The number of nitrogens with two attached hydrogens (primary N) is 1. The number of ether oxygens (including phenoxy) is 6. The molecule has 3 N–H and O–H groups in total. The summed E-state index contributed by atoms with van der Waals surface area (Å²) >= 11 is 0. The number of halogens is 4. The fourth-order valence-corrected chi connectivity index (χ4v) is 3.91. The van der Waals surface area contributed by atoms with Gasteiger partial charge in [0.15, 0.2) is 17.5 Å². The standard InChI is InChI=1S/C34H49F4N5O10.C2H6/c1-25-30(35)32(37)33(38)34(31(25)36)53-29(47)9-15-48-14-5-3-4-10-40-23-26(42-39)24-52-22-21-51-20-19-50-18-17-49-16-11-41-27(45)8-12-43(2)28(46)7-6-13-44;1-2/h6-7,13,23H,3-5,8-12,14-22,24,39H2,1-2H3,(H,41,45);1-2H3/b7-6-,40-23?,42-26+;. The third kappa shape index (κ3) is 24.0. The quantitative estimate of drug-likeness (QED) is 0.00995. The number of carbonyl (C=O) groups is 4. The molecule has 19 heteroatoms. The van der Waals surface area contributed by atoms with Crippen molar-refractivity contribution < 1.29 is 65.2 Å². The molecule has 0 atom stereocenters. The van der Waals surface area contributed by atoms with E-state index in [1.54, 1.807) is 0 Å². The molecule has 312 valence electrons. The van der Waals surface area contributed by atoms with Crippen molar-refractivity contribution in [2.75, 3.05) is 92.8 Å². The van der Waals surface area contributed by atoms with Crippen LogP contribution in [0.15, 0.2) is 22.2 Å². The number of nitrogens with one attached hydrogen (secondary N) is 1. The largest absolute Gasteiger partial charge is 0.420 e. The van der Waals surface area contributed by atoms with E-state index in [0.29, 0.717) is 84.4 Å². The zero-order valence-corrected chi connectivity index (χ0v) is 32.1. The van der Waals surface area contributed by atoms with E-state index in [9.17, 15) is 36.7 Å². The van der Waals surface area contributed by atoms with Crippen molar-refractivity contribution in [1.82, 2.24) is 10.2 Å². The molecule has 1 aromatic carbocycles. The van der Waals surface area contributed by atoms with Gasteiger partial charge in [-0.1, -0.05) is 13.8 Å². The summed E-state index contributed by atoms with van der Waals surface area (Å²) in [4.78, 5) is 51.1. The molecule has 0 aliphatic heterocycles. The van der Waals surface area contributed by atoms with Crippen molar-refractivity contribution in [1.29, 1.82) is 0 Å². The molecule has 0 aliphatic rings. The molecule has 55 heavy (non-hydrogen) atoms. The number of rotatable bonds is 30. The second kappa shape index (κ2) is 33.1. The number of hydrogen-bond donors (Lipinski definition) is 2. The highest BCUT2D eigenvalue weighted by atomic mass is 19.2. The van der Waals surface area contributed by atoms with E-state index in [2.05, 4.69) is 20.1 Å². The van der Waals surface area contributed by atoms with Gasteiger partial charge >= 0.3 is 5.97 Å². The summed E-state index contributed by atoms with van der Waals surface area (Å²) in [6.07, 6.45) is 6.21. The van der Waals surface area contributed by atoms with Crippen LogP contribution in [0.3, 0.4) is 0 Å². The first-order chi connectivity index (χ1) is 26.5. The van der Waals surface area contributed by atoms with Gasteiger partial charge in [0.05, 0.1) is 65.9 Å². The number of aldehydes is 1. The molecule has 0 fully saturated rings. The van der Waals surface area contributed by atoms with Crippen molar-refractivity contribution in [2.45, 2.75) is 52.9 Å². The maximum absolute atomic E-state index is 14.0. The number of nitrogens with zero attached hydrogens (tertiary/aromatic N) is 3. The number of esters is 1. The second-order valence-corrected chi connectivity index (χ2v) is 11.0. The fourth-order valence-electron chi connectivity index (χ4n) is 3.91. The van der Waals surface area contributed by atoms with Crippen LogP contribution >= 0.6 is 0 Å². The van der Waals surface area contributed by atoms with Gasteiger partial charge in [-0.05, 0) is 32.3 Å². The average Bonchev–Trinajstić information content (AvgIpc) is 3.19. The second-order valence-electron chi connectivity index (χ2n) is 11.0. The highest BCUT2D eigenvalue weighted by Gasteiger charge is 2.26. The average molecular weight is 794 g/mol.